The van der Waals surface area contributed by atoms with Gasteiger partial charge in [0.25, 0.3) is 0 Å². The van der Waals surface area contributed by atoms with Crippen molar-refractivity contribution in [3.05, 3.63) is 77.8 Å². The van der Waals surface area contributed by atoms with E-state index in [0.717, 1.165) is 28.6 Å². The van der Waals surface area contributed by atoms with E-state index in [-0.39, 0.29) is 12.3 Å². The quantitative estimate of drug-likeness (QED) is 0.416. The molecule has 0 saturated heterocycles. The zero-order chi connectivity index (χ0) is 21.8. The molecule has 0 radical (unpaired) electrons. The van der Waals surface area contributed by atoms with Crippen LogP contribution in [0, 0.1) is 5.92 Å². The van der Waals surface area contributed by atoms with E-state index in [9.17, 15) is 9.90 Å². The van der Waals surface area contributed by atoms with E-state index in [1.54, 1.807) is 6.07 Å². The molecule has 0 aliphatic rings. The maximum Gasteiger partial charge on any atom is 0.304 e. The Bertz CT molecular complexity index is 1150. The molecule has 4 rings (SSSR count). The van der Waals surface area contributed by atoms with E-state index >= 15 is 0 Å². The zero-order valence-corrected chi connectivity index (χ0v) is 17.6. The molecule has 1 atom stereocenters. The van der Waals surface area contributed by atoms with Crippen molar-refractivity contribution in [3.63, 3.8) is 0 Å². The van der Waals surface area contributed by atoms with Gasteiger partial charge in [-0.05, 0) is 35.2 Å². The number of fused-ring (bicyclic) bond motifs is 1. The van der Waals surface area contributed by atoms with E-state index in [1.807, 2.05) is 41.1 Å². The summed E-state index contributed by atoms with van der Waals surface area (Å²) < 4.78 is 12.8. The summed E-state index contributed by atoms with van der Waals surface area (Å²) in [6, 6.07) is 15.3. The molecule has 2 heterocycles. The van der Waals surface area contributed by atoms with Crippen LogP contribution in [0.3, 0.4) is 0 Å². The maximum atomic E-state index is 11.3. The first-order valence-corrected chi connectivity index (χ1v) is 10.3. The molecule has 4 aromatic rings. The lowest BCUT2D eigenvalue weighted by molar-refractivity contribution is -0.137. The third kappa shape index (κ3) is 5.12. The number of nitrogens with zero attached hydrogens (tertiary/aromatic N) is 3. The summed E-state index contributed by atoms with van der Waals surface area (Å²) in [6.45, 7) is 5.66. The molecule has 0 fully saturated rings. The largest absolute Gasteiger partial charge is 0.489 e. The molecule has 1 N–H and O–H groups in total. The predicted octanol–water partition coefficient (Wildman–Crippen LogP) is 4.87. The number of carboxylic acid groups (broad SMARTS) is 1. The van der Waals surface area contributed by atoms with E-state index in [2.05, 4.69) is 36.4 Å². The van der Waals surface area contributed by atoms with Crippen molar-refractivity contribution in [1.82, 2.24) is 14.9 Å². The second-order valence-corrected chi connectivity index (χ2v) is 8.07. The van der Waals surface area contributed by atoms with Gasteiger partial charge < -0.3 is 14.4 Å². The Morgan fingerprint density at radius 2 is 1.97 bits per heavy atom. The van der Waals surface area contributed by atoms with Gasteiger partial charge in [-0.2, -0.15) is 5.10 Å². The monoisotopic (exact) mass is 419 g/mol. The number of rotatable bonds is 9. The summed E-state index contributed by atoms with van der Waals surface area (Å²) >= 11 is 0. The first kappa shape index (κ1) is 20.7. The van der Waals surface area contributed by atoms with Crippen molar-refractivity contribution in [2.75, 3.05) is 0 Å². The number of carbonyl (C=O) groups is 1. The number of aliphatic carboxylic acids is 1. The second kappa shape index (κ2) is 9.04. The van der Waals surface area contributed by atoms with E-state index in [1.165, 1.54) is 6.26 Å². The highest BCUT2D eigenvalue weighted by atomic mass is 16.5. The van der Waals surface area contributed by atoms with Gasteiger partial charge in [0.2, 0.25) is 0 Å². The van der Waals surface area contributed by atoms with Gasteiger partial charge in [0, 0.05) is 30.1 Å². The molecule has 2 aromatic carbocycles. The van der Waals surface area contributed by atoms with E-state index in [4.69, 9.17) is 9.26 Å². The second-order valence-electron chi connectivity index (χ2n) is 8.07. The number of carboxylic acids is 1. The number of aromatic nitrogens is 3. The molecular formula is C24H25N3O4. The Morgan fingerprint density at radius 3 is 2.65 bits per heavy atom. The maximum absolute atomic E-state index is 11.3. The summed E-state index contributed by atoms with van der Waals surface area (Å²) in [5.74, 6) is -0.00361. The van der Waals surface area contributed by atoms with Crippen molar-refractivity contribution in [3.8, 4) is 5.75 Å². The Labute approximate surface area is 180 Å². The molecule has 160 valence electrons. The number of hydrogen-bond donors (Lipinski definition) is 1. The molecule has 2 aromatic heterocycles. The van der Waals surface area contributed by atoms with Crippen LogP contribution in [0.5, 0.6) is 5.75 Å². The lowest BCUT2D eigenvalue weighted by atomic mass is 9.92. The third-order valence-corrected chi connectivity index (χ3v) is 5.05. The minimum absolute atomic E-state index is 0.0593. The molecule has 0 saturated carbocycles. The number of hydrogen-bond acceptors (Lipinski definition) is 5. The van der Waals surface area contributed by atoms with Gasteiger partial charge in [0.1, 0.15) is 18.6 Å². The van der Waals surface area contributed by atoms with Crippen LogP contribution in [0.1, 0.15) is 43.0 Å². The van der Waals surface area contributed by atoms with Crippen molar-refractivity contribution < 1.29 is 19.2 Å². The van der Waals surface area contributed by atoms with Crippen LogP contribution in [0.4, 0.5) is 0 Å². The molecule has 0 unspecified atom stereocenters. The smallest absolute Gasteiger partial charge is 0.304 e. The first-order chi connectivity index (χ1) is 15.0. The molecule has 0 aliphatic carbocycles. The van der Waals surface area contributed by atoms with Gasteiger partial charge in [0.05, 0.1) is 17.6 Å². The minimum Gasteiger partial charge on any atom is -0.489 e. The number of benzene rings is 2. The highest BCUT2D eigenvalue weighted by molar-refractivity contribution is 5.78. The standard InChI is InChI=1S/C24H25N3O4/c1-16(2)13-27-14-19-4-3-17(11-23(19)25-27)15-30-20-7-5-18(6-8-20)21(12-24(28)29)22-9-10-31-26-22/h3-11,14,16,21H,12-13,15H2,1-2H3,(H,28,29)/t21-/m0/s1. The van der Waals surface area contributed by atoms with Crippen molar-refractivity contribution in [1.29, 1.82) is 0 Å². The van der Waals surface area contributed by atoms with Crippen molar-refractivity contribution in [2.45, 2.75) is 39.3 Å². The molecule has 31 heavy (non-hydrogen) atoms. The van der Waals surface area contributed by atoms with Crippen molar-refractivity contribution >= 4 is 16.9 Å². The van der Waals surface area contributed by atoms with Crippen LogP contribution in [0.15, 0.2) is 65.5 Å². The Morgan fingerprint density at radius 1 is 1.16 bits per heavy atom. The van der Waals surface area contributed by atoms with Crippen LogP contribution in [-0.4, -0.2) is 26.0 Å². The van der Waals surface area contributed by atoms with Crippen LogP contribution < -0.4 is 4.74 Å². The SMILES string of the molecule is CC(C)Cn1cc2ccc(COc3ccc([C@H](CC(=O)O)c4ccon4)cc3)cc2n1. The first-order valence-electron chi connectivity index (χ1n) is 10.3. The highest BCUT2D eigenvalue weighted by Gasteiger charge is 2.20. The fourth-order valence-electron chi connectivity index (χ4n) is 3.60. The van der Waals surface area contributed by atoms with Gasteiger partial charge >= 0.3 is 5.97 Å². The lowest BCUT2D eigenvalue weighted by Crippen LogP contribution is -2.08. The fraction of sp³-hybridized carbons (Fsp3) is 0.292. The Balaban J connectivity index is 1.43. The molecule has 0 amide bonds. The molecule has 7 heteroatoms. The average Bonchev–Trinajstić information content (AvgIpc) is 3.39. The molecular weight excluding hydrogens is 394 g/mol. The topological polar surface area (TPSA) is 90.4 Å². The molecule has 7 nitrogen and oxygen atoms in total. The van der Waals surface area contributed by atoms with Crippen molar-refractivity contribution in [2.24, 2.45) is 5.92 Å². The van der Waals surface area contributed by atoms with Gasteiger partial charge in [0.15, 0.2) is 0 Å². The fourth-order valence-corrected chi connectivity index (χ4v) is 3.60. The zero-order valence-electron chi connectivity index (χ0n) is 17.6. The summed E-state index contributed by atoms with van der Waals surface area (Å²) in [4.78, 5) is 11.3. The van der Waals surface area contributed by atoms with Crippen LogP contribution in [-0.2, 0) is 17.9 Å². The average molecular weight is 419 g/mol. The molecule has 0 aliphatic heterocycles. The van der Waals surface area contributed by atoms with Crippen LogP contribution in [0.2, 0.25) is 0 Å². The van der Waals surface area contributed by atoms with Gasteiger partial charge in [-0.1, -0.05) is 43.3 Å². The van der Waals surface area contributed by atoms with Gasteiger partial charge in [-0.3, -0.25) is 9.48 Å². The summed E-state index contributed by atoms with van der Waals surface area (Å²) in [5, 5.41) is 18.9. The van der Waals surface area contributed by atoms with Crippen LogP contribution >= 0.6 is 0 Å². The molecule has 0 bridgehead atoms. The minimum atomic E-state index is -0.889. The molecule has 0 spiro atoms. The normalized spacial score (nSPS) is 12.4. The summed E-state index contributed by atoms with van der Waals surface area (Å²) in [6.07, 6.45) is 3.46. The number of ether oxygens (including phenoxy) is 1. The highest BCUT2D eigenvalue weighted by Crippen LogP contribution is 2.28. The lowest BCUT2D eigenvalue weighted by Gasteiger charge is -2.13. The Kier molecular flexibility index (Phi) is 6.02. The Hall–Kier alpha value is -3.61. The van der Waals surface area contributed by atoms with Crippen LogP contribution in [0.25, 0.3) is 10.9 Å². The predicted molar refractivity (Wildman–Crippen MR) is 116 cm³/mol. The van der Waals surface area contributed by atoms with E-state index in [0.29, 0.717) is 24.0 Å². The van der Waals surface area contributed by atoms with Gasteiger partial charge in [-0.25, -0.2) is 0 Å². The summed E-state index contributed by atoms with van der Waals surface area (Å²) in [7, 11) is 0. The van der Waals surface area contributed by atoms with Gasteiger partial charge in [-0.15, -0.1) is 0 Å². The van der Waals surface area contributed by atoms with E-state index < -0.39 is 5.97 Å². The third-order valence-electron chi connectivity index (χ3n) is 5.05. The summed E-state index contributed by atoms with van der Waals surface area (Å²) in [5.41, 5.74) is 3.45.